The molecule has 1 aromatic carbocycles. The van der Waals surface area contributed by atoms with E-state index < -0.39 is 11.2 Å². The van der Waals surface area contributed by atoms with Gasteiger partial charge in [0.15, 0.2) is 5.13 Å². The molecule has 1 aliphatic heterocycles. The summed E-state index contributed by atoms with van der Waals surface area (Å²) >= 11 is 1.16. The van der Waals surface area contributed by atoms with Gasteiger partial charge in [-0.05, 0) is 45.7 Å². The van der Waals surface area contributed by atoms with Crippen molar-refractivity contribution in [1.29, 1.82) is 0 Å². The van der Waals surface area contributed by atoms with E-state index in [0.29, 0.717) is 18.2 Å². The molecule has 1 saturated heterocycles. The van der Waals surface area contributed by atoms with Crippen LogP contribution in [0.1, 0.15) is 48.8 Å². The van der Waals surface area contributed by atoms with Crippen molar-refractivity contribution >= 4 is 34.0 Å². The van der Waals surface area contributed by atoms with Crippen LogP contribution in [0.5, 0.6) is 0 Å². The van der Waals surface area contributed by atoms with Crippen LogP contribution in [0.15, 0.2) is 24.3 Å². The number of nitrogens with zero attached hydrogens (tertiary/aromatic N) is 2. The number of carbonyl (C=O) groups is 2. The Morgan fingerprint density at radius 2 is 2.00 bits per heavy atom. The van der Waals surface area contributed by atoms with Crippen LogP contribution in [0.3, 0.4) is 0 Å². The second-order valence-corrected chi connectivity index (χ2v) is 9.05. The summed E-state index contributed by atoms with van der Waals surface area (Å²) in [5, 5.41) is 5.53. The lowest BCUT2D eigenvalue weighted by Crippen LogP contribution is -2.42. The number of hydrogen-bond acceptors (Lipinski definition) is 8. The highest BCUT2D eigenvalue weighted by atomic mass is 32.1. The molecule has 0 bridgehead atoms. The molecule has 0 atom stereocenters. The monoisotopic (exact) mass is 420 g/mol. The van der Waals surface area contributed by atoms with Crippen LogP contribution in [0.2, 0.25) is 0 Å². The molecule has 3 rings (SSSR count). The van der Waals surface area contributed by atoms with E-state index in [1.807, 2.05) is 20.8 Å². The van der Waals surface area contributed by atoms with Crippen molar-refractivity contribution in [2.24, 2.45) is 5.41 Å². The van der Waals surface area contributed by atoms with Gasteiger partial charge in [0.2, 0.25) is 5.78 Å². The summed E-state index contributed by atoms with van der Waals surface area (Å²) < 4.78 is 13.4. The molecule has 0 spiro atoms. The van der Waals surface area contributed by atoms with Crippen LogP contribution < -0.4 is 11.1 Å². The van der Waals surface area contributed by atoms with Crippen molar-refractivity contribution in [2.75, 3.05) is 24.1 Å². The van der Waals surface area contributed by atoms with Gasteiger partial charge in [0, 0.05) is 24.7 Å². The maximum absolute atomic E-state index is 13.4. The molecule has 0 saturated carbocycles. The fourth-order valence-electron chi connectivity index (χ4n) is 2.84. The summed E-state index contributed by atoms with van der Waals surface area (Å²) in [7, 11) is 0. The minimum absolute atomic E-state index is 0.127. The van der Waals surface area contributed by atoms with Gasteiger partial charge in [-0.15, -0.1) is 5.06 Å². The average molecular weight is 421 g/mol. The van der Waals surface area contributed by atoms with E-state index in [2.05, 4.69) is 10.3 Å². The molecule has 1 aromatic heterocycles. The molecule has 0 aliphatic carbocycles. The number of hydrogen-bond donors (Lipinski definition) is 2. The predicted molar refractivity (Wildman–Crippen MR) is 110 cm³/mol. The second-order valence-electron chi connectivity index (χ2n) is 8.05. The third kappa shape index (κ3) is 5.30. The van der Waals surface area contributed by atoms with Crippen LogP contribution >= 0.6 is 11.3 Å². The van der Waals surface area contributed by atoms with Crippen LogP contribution in [0, 0.1) is 11.2 Å². The molecule has 9 heteroatoms. The minimum atomic E-state index is -0.544. The summed E-state index contributed by atoms with van der Waals surface area (Å²) in [6.45, 7) is 6.67. The van der Waals surface area contributed by atoms with Gasteiger partial charge in [-0.2, -0.15) is 0 Å². The van der Waals surface area contributed by atoms with E-state index in [1.165, 1.54) is 18.2 Å². The zero-order valence-corrected chi connectivity index (χ0v) is 17.5. The Morgan fingerprint density at radius 3 is 2.62 bits per heavy atom. The first-order valence-electron chi connectivity index (χ1n) is 9.44. The van der Waals surface area contributed by atoms with Crippen molar-refractivity contribution in [2.45, 2.75) is 39.7 Å². The maximum atomic E-state index is 13.4. The molecular weight excluding hydrogens is 395 g/mol. The third-order valence-corrected chi connectivity index (χ3v) is 5.55. The molecule has 2 aromatic rings. The smallest absolute Gasteiger partial charge is 0.330 e. The van der Waals surface area contributed by atoms with Crippen molar-refractivity contribution in [3.05, 3.63) is 40.5 Å². The number of ketones is 1. The largest absolute Gasteiger partial charge is 0.382 e. The van der Waals surface area contributed by atoms with E-state index in [1.54, 1.807) is 11.1 Å². The van der Waals surface area contributed by atoms with Crippen molar-refractivity contribution in [3.63, 3.8) is 0 Å². The highest BCUT2D eigenvalue weighted by Crippen LogP contribution is 2.29. The number of nitrogen functional groups attached to an aromatic ring is 1. The molecule has 1 fully saturated rings. The van der Waals surface area contributed by atoms with Crippen LogP contribution in [0.4, 0.5) is 15.3 Å². The van der Waals surface area contributed by atoms with Gasteiger partial charge in [0.1, 0.15) is 16.5 Å². The fourth-order valence-corrected chi connectivity index (χ4v) is 3.76. The van der Waals surface area contributed by atoms with Gasteiger partial charge in [0.25, 0.3) is 0 Å². The number of benzene rings is 1. The topological polar surface area (TPSA) is 97.6 Å². The minimum Gasteiger partial charge on any atom is -0.382 e. The highest BCUT2D eigenvalue weighted by Gasteiger charge is 2.29. The summed E-state index contributed by atoms with van der Waals surface area (Å²) in [4.78, 5) is 34.5. The summed E-state index contributed by atoms with van der Waals surface area (Å²) in [6, 6.07) is 5.63. The number of nitrogens with two attached hydrogens (primary N) is 1. The summed E-state index contributed by atoms with van der Waals surface area (Å²) in [5.41, 5.74) is 5.61. The summed E-state index contributed by atoms with van der Waals surface area (Å²) in [5.74, 6) is -0.951. The number of aromatic nitrogens is 1. The molecule has 0 unspecified atom stereocenters. The fraction of sp³-hybridized carbons (Fsp3) is 0.450. The number of carbonyl (C=O) groups excluding carboxylic acids is 2. The van der Waals surface area contributed by atoms with Gasteiger partial charge in [0.05, 0.1) is 5.41 Å². The van der Waals surface area contributed by atoms with Crippen molar-refractivity contribution in [1.82, 2.24) is 10.0 Å². The molecule has 3 N–H and O–H groups in total. The number of hydroxylamine groups is 2. The summed E-state index contributed by atoms with van der Waals surface area (Å²) in [6.07, 6.45) is 1.51. The SMILES string of the molecule is CC(C)(C)C(=O)ON1CCC(Nc2nc(N)c(C(=O)c3cccc(F)c3)s2)CC1. The Labute approximate surface area is 173 Å². The van der Waals surface area contributed by atoms with Crippen LogP contribution in [0.25, 0.3) is 0 Å². The quantitative estimate of drug-likeness (QED) is 0.715. The lowest BCUT2D eigenvalue weighted by Gasteiger charge is -2.32. The van der Waals surface area contributed by atoms with Gasteiger partial charge in [-0.1, -0.05) is 23.5 Å². The Morgan fingerprint density at radius 1 is 1.31 bits per heavy atom. The number of anilines is 2. The number of rotatable bonds is 5. The van der Waals surface area contributed by atoms with Gasteiger partial charge in [-0.25, -0.2) is 14.2 Å². The van der Waals surface area contributed by atoms with E-state index in [-0.39, 0.29) is 34.1 Å². The number of thiazole rings is 1. The highest BCUT2D eigenvalue weighted by molar-refractivity contribution is 7.18. The molecule has 1 aliphatic rings. The van der Waals surface area contributed by atoms with Crippen molar-refractivity contribution < 1.29 is 18.8 Å². The van der Waals surface area contributed by atoms with Gasteiger partial charge in [-0.3, -0.25) is 4.79 Å². The molecule has 2 heterocycles. The third-order valence-electron chi connectivity index (χ3n) is 4.55. The zero-order chi connectivity index (χ0) is 21.2. The van der Waals surface area contributed by atoms with E-state index in [9.17, 15) is 14.0 Å². The van der Waals surface area contributed by atoms with Gasteiger partial charge >= 0.3 is 5.97 Å². The Balaban J connectivity index is 1.58. The molecule has 29 heavy (non-hydrogen) atoms. The lowest BCUT2D eigenvalue weighted by molar-refractivity contribution is -0.204. The maximum Gasteiger partial charge on any atom is 0.330 e. The first kappa shape index (κ1) is 21.2. The average Bonchev–Trinajstić information content (AvgIpc) is 3.02. The normalized spacial score (nSPS) is 15.9. The number of nitrogens with one attached hydrogen (secondary N) is 1. The first-order chi connectivity index (χ1) is 13.6. The molecular formula is C20H25FN4O3S. The van der Waals surface area contributed by atoms with E-state index >= 15 is 0 Å². The first-order valence-corrected chi connectivity index (χ1v) is 10.3. The lowest BCUT2D eigenvalue weighted by atomic mass is 9.98. The Hall–Kier alpha value is -2.52. The van der Waals surface area contributed by atoms with E-state index in [0.717, 1.165) is 24.2 Å². The number of halogens is 1. The predicted octanol–water partition coefficient (Wildman–Crippen LogP) is 3.48. The molecule has 0 amide bonds. The molecule has 0 radical (unpaired) electrons. The Kier molecular flexibility index (Phi) is 6.18. The number of piperidine rings is 1. The molecule has 156 valence electrons. The second kappa shape index (κ2) is 8.46. The van der Waals surface area contributed by atoms with Crippen molar-refractivity contribution in [3.8, 4) is 0 Å². The standard InChI is InChI=1S/C20H25FN4O3S/c1-20(2,3)18(27)28-25-9-7-14(8-10-25)23-19-24-17(22)16(29-19)15(26)12-5-4-6-13(21)11-12/h4-6,11,14H,7-10,22H2,1-3H3,(H,23,24). The van der Waals surface area contributed by atoms with E-state index in [4.69, 9.17) is 10.6 Å². The Bertz CT molecular complexity index is 901. The van der Waals surface area contributed by atoms with Crippen LogP contribution in [-0.2, 0) is 9.63 Å². The zero-order valence-electron chi connectivity index (χ0n) is 16.7. The van der Waals surface area contributed by atoms with Crippen LogP contribution in [-0.4, -0.2) is 40.9 Å². The molecule has 7 nitrogen and oxygen atoms in total. The van der Waals surface area contributed by atoms with Gasteiger partial charge < -0.3 is 15.9 Å².